The number of ether oxygens (including phenoxy) is 1. The predicted molar refractivity (Wildman–Crippen MR) is 92.5 cm³/mol. The molecule has 0 amide bonds. The molecule has 1 aromatic carbocycles. The summed E-state index contributed by atoms with van der Waals surface area (Å²) < 4.78 is 21.2. The van der Waals surface area contributed by atoms with Crippen LogP contribution in [-0.2, 0) is 0 Å². The number of fused-ring (bicyclic) bond motifs is 4. The van der Waals surface area contributed by atoms with Crippen LogP contribution < -0.4 is 15.4 Å². The van der Waals surface area contributed by atoms with Crippen LogP contribution in [0.15, 0.2) is 36.7 Å². The normalized spacial score (nSPS) is 14.4. The van der Waals surface area contributed by atoms with Gasteiger partial charge in [0.2, 0.25) is 0 Å². The van der Waals surface area contributed by atoms with E-state index in [-0.39, 0.29) is 18.2 Å². The molecular formula is C16H17ClFN5O. The van der Waals surface area contributed by atoms with Crippen LogP contribution in [0.25, 0.3) is 16.8 Å². The number of benzene rings is 1. The predicted octanol–water partition coefficient (Wildman–Crippen LogP) is 2.35. The Morgan fingerprint density at radius 1 is 1.17 bits per heavy atom. The highest BCUT2D eigenvalue weighted by molar-refractivity contribution is 5.85. The Kier molecular flexibility index (Phi) is 4.82. The Labute approximate surface area is 144 Å². The fourth-order valence-corrected chi connectivity index (χ4v) is 2.62. The Morgan fingerprint density at radius 3 is 3.00 bits per heavy atom. The number of rotatable bonds is 0. The monoisotopic (exact) mass is 349 g/mol. The Bertz CT molecular complexity index is 854. The molecule has 0 saturated carbocycles. The maximum Gasteiger partial charge on any atom is 0.165 e. The Morgan fingerprint density at radius 2 is 2.08 bits per heavy atom. The quantitative estimate of drug-likeness (QED) is 0.652. The number of aromatic nitrogens is 3. The first kappa shape index (κ1) is 16.5. The zero-order chi connectivity index (χ0) is 15.6. The number of nitrogens with zero attached hydrogens (tertiary/aromatic N) is 3. The minimum Gasteiger partial charge on any atom is -0.492 e. The zero-order valence-electron chi connectivity index (χ0n) is 12.8. The molecule has 0 unspecified atom stereocenters. The molecule has 0 saturated heterocycles. The maximum atomic E-state index is 13.9. The van der Waals surface area contributed by atoms with Crippen LogP contribution in [0.5, 0.6) is 5.75 Å². The molecular weight excluding hydrogens is 333 g/mol. The molecule has 4 bridgehead atoms. The number of halogens is 2. The molecule has 3 heterocycles. The van der Waals surface area contributed by atoms with Gasteiger partial charge in [0, 0.05) is 37.5 Å². The summed E-state index contributed by atoms with van der Waals surface area (Å²) in [4.78, 5) is 4.58. The van der Waals surface area contributed by atoms with Crippen LogP contribution >= 0.6 is 12.4 Å². The van der Waals surface area contributed by atoms with E-state index < -0.39 is 0 Å². The van der Waals surface area contributed by atoms with Gasteiger partial charge in [-0.05, 0) is 23.8 Å². The lowest BCUT2D eigenvalue weighted by Gasteiger charge is -2.11. The molecule has 0 radical (unpaired) electrons. The van der Waals surface area contributed by atoms with Gasteiger partial charge in [-0.3, -0.25) is 0 Å². The van der Waals surface area contributed by atoms with Crippen molar-refractivity contribution in [3.8, 4) is 16.9 Å². The first-order valence-corrected chi connectivity index (χ1v) is 7.52. The van der Waals surface area contributed by atoms with Gasteiger partial charge in [-0.15, -0.1) is 12.4 Å². The zero-order valence-corrected chi connectivity index (χ0v) is 13.6. The van der Waals surface area contributed by atoms with E-state index >= 15 is 0 Å². The van der Waals surface area contributed by atoms with Gasteiger partial charge < -0.3 is 15.4 Å². The molecule has 2 N–H and O–H groups in total. The molecule has 2 aromatic heterocycles. The van der Waals surface area contributed by atoms with E-state index in [1.165, 1.54) is 12.1 Å². The van der Waals surface area contributed by atoms with Crippen LogP contribution in [0.3, 0.4) is 0 Å². The van der Waals surface area contributed by atoms with Crippen molar-refractivity contribution in [1.29, 1.82) is 0 Å². The summed E-state index contributed by atoms with van der Waals surface area (Å²) in [6.07, 6.45) is 3.53. The van der Waals surface area contributed by atoms with Crippen molar-refractivity contribution in [2.24, 2.45) is 0 Å². The van der Waals surface area contributed by atoms with Gasteiger partial charge in [-0.25, -0.2) is 13.9 Å². The highest BCUT2D eigenvalue weighted by atomic mass is 35.5. The first-order chi connectivity index (χ1) is 11.3. The van der Waals surface area contributed by atoms with E-state index in [0.717, 1.165) is 24.5 Å². The average molecular weight is 350 g/mol. The summed E-state index contributed by atoms with van der Waals surface area (Å²) in [5.74, 6) is 0.935. The molecule has 0 atom stereocenters. The summed E-state index contributed by atoms with van der Waals surface area (Å²) in [5.41, 5.74) is 2.15. The highest BCUT2D eigenvalue weighted by Crippen LogP contribution is 2.28. The molecule has 0 spiro atoms. The van der Waals surface area contributed by atoms with E-state index in [0.29, 0.717) is 30.1 Å². The van der Waals surface area contributed by atoms with Crippen LogP contribution in [0, 0.1) is 5.82 Å². The van der Waals surface area contributed by atoms with Gasteiger partial charge in [0.05, 0.1) is 6.20 Å². The summed E-state index contributed by atoms with van der Waals surface area (Å²) in [6.45, 7) is 2.72. The third-order valence-corrected chi connectivity index (χ3v) is 3.71. The summed E-state index contributed by atoms with van der Waals surface area (Å²) in [6, 6.07) is 6.54. The van der Waals surface area contributed by atoms with Gasteiger partial charge in [-0.2, -0.15) is 5.10 Å². The number of hydrogen-bond acceptors (Lipinski definition) is 5. The standard InChI is InChI=1S/C16H16FN5O.ClH/c17-12-7-11-8-13(9-12)23-6-4-18-2-3-19-15-1-5-22-16(21-15)14(11)10-20-22;/h1,5,7-10,18H,2-4,6H2,(H,19,21);1H. The van der Waals surface area contributed by atoms with Crippen LogP contribution in [0.1, 0.15) is 0 Å². The molecule has 0 aliphatic carbocycles. The van der Waals surface area contributed by atoms with Crippen molar-refractivity contribution in [3.05, 3.63) is 42.5 Å². The smallest absolute Gasteiger partial charge is 0.165 e. The minimum absolute atomic E-state index is 0. The second kappa shape index (κ2) is 7.02. The lowest BCUT2D eigenvalue weighted by molar-refractivity contribution is 0.313. The van der Waals surface area contributed by atoms with Crippen molar-refractivity contribution in [2.45, 2.75) is 0 Å². The van der Waals surface area contributed by atoms with E-state index in [2.05, 4.69) is 20.7 Å². The van der Waals surface area contributed by atoms with Gasteiger partial charge in [0.15, 0.2) is 5.65 Å². The molecule has 1 aliphatic rings. The van der Waals surface area contributed by atoms with Gasteiger partial charge in [-0.1, -0.05) is 0 Å². The molecule has 4 rings (SSSR count). The molecule has 126 valence electrons. The summed E-state index contributed by atoms with van der Waals surface area (Å²) >= 11 is 0. The second-order valence-electron chi connectivity index (χ2n) is 5.34. The average Bonchev–Trinajstić information content (AvgIpc) is 2.96. The molecule has 24 heavy (non-hydrogen) atoms. The van der Waals surface area contributed by atoms with Crippen molar-refractivity contribution < 1.29 is 9.13 Å². The maximum absolute atomic E-state index is 13.9. The third kappa shape index (κ3) is 3.27. The van der Waals surface area contributed by atoms with Crippen molar-refractivity contribution in [2.75, 3.05) is 31.6 Å². The minimum atomic E-state index is -0.341. The van der Waals surface area contributed by atoms with Gasteiger partial charge >= 0.3 is 0 Å². The third-order valence-electron chi connectivity index (χ3n) is 3.71. The summed E-state index contributed by atoms with van der Waals surface area (Å²) in [7, 11) is 0. The second-order valence-corrected chi connectivity index (χ2v) is 5.34. The van der Waals surface area contributed by atoms with E-state index in [9.17, 15) is 4.39 Å². The van der Waals surface area contributed by atoms with Gasteiger partial charge in [0.25, 0.3) is 0 Å². The largest absolute Gasteiger partial charge is 0.492 e. The molecule has 1 aliphatic heterocycles. The Hall–Kier alpha value is -2.38. The van der Waals surface area contributed by atoms with Gasteiger partial charge in [0.1, 0.15) is 24.0 Å². The number of nitrogens with one attached hydrogen (secondary N) is 2. The molecule has 0 fully saturated rings. The fraction of sp³-hybridized carbons (Fsp3) is 0.250. The summed E-state index contributed by atoms with van der Waals surface area (Å²) in [5, 5.41) is 10.8. The van der Waals surface area contributed by atoms with Crippen LogP contribution in [0.2, 0.25) is 0 Å². The topological polar surface area (TPSA) is 63.5 Å². The lowest BCUT2D eigenvalue weighted by Crippen LogP contribution is -2.26. The number of hydrogen-bond donors (Lipinski definition) is 2. The SMILES string of the molecule is Cl.Fc1cc2cc(c1)-c1cnn3ccc(nc13)NCCNCCO2. The molecule has 3 aromatic rings. The van der Waals surface area contributed by atoms with E-state index in [4.69, 9.17) is 4.74 Å². The molecule has 6 nitrogen and oxygen atoms in total. The van der Waals surface area contributed by atoms with E-state index in [1.807, 2.05) is 18.3 Å². The highest BCUT2D eigenvalue weighted by Gasteiger charge is 2.12. The van der Waals surface area contributed by atoms with Crippen molar-refractivity contribution >= 4 is 23.9 Å². The van der Waals surface area contributed by atoms with E-state index in [1.54, 1.807) is 10.7 Å². The first-order valence-electron chi connectivity index (χ1n) is 7.52. The lowest BCUT2D eigenvalue weighted by atomic mass is 10.1. The van der Waals surface area contributed by atoms with Crippen LogP contribution in [-0.4, -0.2) is 40.8 Å². The number of anilines is 1. The fourth-order valence-electron chi connectivity index (χ4n) is 2.62. The Balaban J connectivity index is 0.00000169. The van der Waals surface area contributed by atoms with Crippen molar-refractivity contribution in [3.63, 3.8) is 0 Å². The van der Waals surface area contributed by atoms with Crippen molar-refractivity contribution in [1.82, 2.24) is 19.9 Å². The van der Waals surface area contributed by atoms with Crippen LogP contribution in [0.4, 0.5) is 10.2 Å². The molecule has 8 heteroatoms.